The number of allylic oxidation sites excluding steroid dienone is 1. The quantitative estimate of drug-likeness (QED) is 0.557. The van der Waals surface area contributed by atoms with Crippen molar-refractivity contribution in [2.75, 3.05) is 19.0 Å². The van der Waals surface area contributed by atoms with Crippen molar-refractivity contribution in [3.63, 3.8) is 0 Å². The number of rotatable bonds is 6. The third-order valence-electron chi connectivity index (χ3n) is 3.46. The van der Waals surface area contributed by atoms with E-state index in [1.54, 1.807) is 7.11 Å². The second-order valence-corrected chi connectivity index (χ2v) is 6.53. The average molecular weight is 339 g/mol. The van der Waals surface area contributed by atoms with Gasteiger partial charge in [-0.05, 0) is 62.5 Å². The van der Waals surface area contributed by atoms with Crippen LogP contribution in [0.25, 0.3) is 5.57 Å². The number of methoxy groups -OCH3 is 1. The van der Waals surface area contributed by atoms with Crippen LogP contribution in [0.3, 0.4) is 0 Å². The van der Waals surface area contributed by atoms with Crippen LogP contribution >= 0.6 is 15.9 Å². The van der Waals surface area contributed by atoms with Gasteiger partial charge in [-0.15, -0.1) is 0 Å². The summed E-state index contributed by atoms with van der Waals surface area (Å²) in [6, 6.07) is 6.54. The molecule has 2 nitrogen and oxygen atoms in total. The van der Waals surface area contributed by atoms with E-state index in [0.717, 1.165) is 36.9 Å². The monoisotopic (exact) mass is 338 g/mol. The molecule has 0 amide bonds. The van der Waals surface area contributed by atoms with Crippen LogP contribution in [0.5, 0.6) is 5.75 Å². The van der Waals surface area contributed by atoms with Crippen molar-refractivity contribution in [2.24, 2.45) is 0 Å². The van der Waals surface area contributed by atoms with E-state index in [9.17, 15) is 0 Å². The molecule has 0 aliphatic carbocycles. The van der Waals surface area contributed by atoms with Crippen LogP contribution in [0.4, 0.5) is 0 Å². The highest BCUT2D eigenvalue weighted by Gasteiger charge is 2.26. The predicted octanol–water partition coefficient (Wildman–Crippen LogP) is 4.61. The van der Waals surface area contributed by atoms with Crippen LogP contribution in [-0.4, -0.2) is 24.6 Å². The minimum atomic E-state index is -0.230. The van der Waals surface area contributed by atoms with Gasteiger partial charge in [0.1, 0.15) is 11.4 Å². The third-order valence-corrected chi connectivity index (χ3v) is 3.86. The van der Waals surface area contributed by atoms with Crippen LogP contribution in [0.2, 0.25) is 0 Å². The third kappa shape index (κ3) is 3.86. The highest BCUT2D eigenvalue weighted by molar-refractivity contribution is 9.09. The van der Waals surface area contributed by atoms with Gasteiger partial charge in [0.15, 0.2) is 0 Å². The Morgan fingerprint density at radius 3 is 2.75 bits per heavy atom. The first-order valence-corrected chi connectivity index (χ1v) is 8.27. The second kappa shape index (κ2) is 6.77. The fourth-order valence-corrected chi connectivity index (χ4v) is 3.06. The Balaban J connectivity index is 2.28. The second-order valence-electron chi connectivity index (χ2n) is 5.74. The molecule has 3 heteroatoms. The summed E-state index contributed by atoms with van der Waals surface area (Å²) < 4.78 is 11.2. The smallest absolute Gasteiger partial charge is 0.128 e. The number of fused-ring (bicyclic) bond motifs is 1. The van der Waals surface area contributed by atoms with Crippen LogP contribution in [-0.2, 0) is 11.2 Å². The number of alkyl halides is 1. The van der Waals surface area contributed by atoms with E-state index in [1.807, 2.05) is 0 Å². The van der Waals surface area contributed by atoms with Crippen molar-refractivity contribution in [1.29, 1.82) is 0 Å². The van der Waals surface area contributed by atoms with Gasteiger partial charge in [0.2, 0.25) is 0 Å². The predicted molar refractivity (Wildman–Crippen MR) is 87.7 cm³/mol. The molecule has 0 saturated carbocycles. The van der Waals surface area contributed by atoms with Gasteiger partial charge in [0.05, 0.1) is 0 Å². The standard InChI is InChI=1S/C17H23BrO2/c1-17(2)12-14(5-4-10-19-3)15-11-13(8-9-18)6-7-16(15)20-17/h6-7,11-12H,4-5,8-10H2,1-3H3. The molecule has 1 heterocycles. The maximum atomic E-state index is 6.07. The van der Waals surface area contributed by atoms with E-state index in [2.05, 4.69) is 54.1 Å². The van der Waals surface area contributed by atoms with E-state index in [4.69, 9.17) is 9.47 Å². The molecule has 110 valence electrons. The lowest BCUT2D eigenvalue weighted by Gasteiger charge is -2.31. The zero-order valence-electron chi connectivity index (χ0n) is 12.5. The Hall–Kier alpha value is -0.800. The summed E-state index contributed by atoms with van der Waals surface area (Å²) in [6.07, 6.45) is 5.37. The highest BCUT2D eigenvalue weighted by atomic mass is 79.9. The summed E-state index contributed by atoms with van der Waals surface area (Å²) in [6.45, 7) is 5.02. The summed E-state index contributed by atoms with van der Waals surface area (Å²) in [5, 5.41) is 0.987. The Labute approximate surface area is 130 Å². The molecule has 0 aromatic heterocycles. The van der Waals surface area contributed by atoms with Gasteiger partial charge in [0, 0.05) is 24.6 Å². The summed E-state index contributed by atoms with van der Waals surface area (Å²) in [5.74, 6) is 1.00. The number of hydrogen-bond acceptors (Lipinski definition) is 2. The van der Waals surface area contributed by atoms with Gasteiger partial charge >= 0.3 is 0 Å². The molecule has 0 radical (unpaired) electrons. The zero-order valence-corrected chi connectivity index (χ0v) is 14.1. The first-order chi connectivity index (χ1) is 9.55. The first kappa shape index (κ1) is 15.6. The fraction of sp³-hybridized carbons (Fsp3) is 0.529. The SMILES string of the molecule is COCCCC1=CC(C)(C)Oc2ccc(CCBr)cc21. The Kier molecular flexibility index (Phi) is 5.28. The Morgan fingerprint density at radius 1 is 1.25 bits per heavy atom. The van der Waals surface area contributed by atoms with Crippen LogP contribution < -0.4 is 4.74 Å². The summed E-state index contributed by atoms with van der Waals surface area (Å²) in [4.78, 5) is 0. The molecule has 1 aromatic carbocycles. The van der Waals surface area contributed by atoms with Gasteiger partial charge in [-0.3, -0.25) is 0 Å². The topological polar surface area (TPSA) is 18.5 Å². The molecule has 1 aliphatic heterocycles. The van der Waals surface area contributed by atoms with Crippen LogP contribution in [0, 0.1) is 0 Å². The van der Waals surface area contributed by atoms with Crippen LogP contribution in [0.15, 0.2) is 24.3 Å². The minimum Gasteiger partial charge on any atom is -0.483 e. The molecule has 0 unspecified atom stereocenters. The number of halogens is 1. The summed E-state index contributed by atoms with van der Waals surface area (Å²) >= 11 is 3.50. The average Bonchev–Trinajstić information content (AvgIpc) is 2.39. The molecule has 20 heavy (non-hydrogen) atoms. The Bertz CT molecular complexity index is 492. The molecule has 0 N–H and O–H groups in total. The van der Waals surface area contributed by atoms with Crippen molar-refractivity contribution in [3.05, 3.63) is 35.4 Å². The van der Waals surface area contributed by atoms with Gasteiger partial charge < -0.3 is 9.47 Å². The van der Waals surface area contributed by atoms with Gasteiger partial charge in [-0.2, -0.15) is 0 Å². The minimum absolute atomic E-state index is 0.230. The lowest BCUT2D eigenvalue weighted by molar-refractivity contribution is 0.157. The molecule has 1 aromatic rings. The number of aryl methyl sites for hydroxylation is 1. The van der Waals surface area contributed by atoms with Crippen LogP contribution in [0.1, 0.15) is 37.8 Å². The summed E-state index contributed by atoms with van der Waals surface area (Å²) in [7, 11) is 1.75. The largest absolute Gasteiger partial charge is 0.483 e. The van der Waals surface area contributed by atoms with Crippen molar-refractivity contribution < 1.29 is 9.47 Å². The molecule has 0 saturated heterocycles. The zero-order chi connectivity index (χ0) is 14.6. The fourth-order valence-electron chi connectivity index (χ4n) is 2.61. The summed E-state index contributed by atoms with van der Waals surface area (Å²) in [5.41, 5.74) is 3.75. The molecular weight excluding hydrogens is 316 g/mol. The van der Waals surface area contributed by atoms with E-state index < -0.39 is 0 Å². The molecule has 0 fully saturated rings. The maximum Gasteiger partial charge on any atom is 0.128 e. The lowest BCUT2D eigenvalue weighted by Crippen LogP contribution is -2.29. The molecular formula is C17H23BrO2. The van der Waals surface area contributed by atoms with Gasteiger partial charge in [-0.1, -0.05) is 22.0 Å². The molecule has 0 spiro atoms. The highest BCUT2D eigenvalue weighted by Crippen LogP contribution is 2.38. The van der Waals surface area contributed by atoms with Gasteiger partial charge in [0.25, 0.3) is 0 Å². The molecule has 0 bridgehead atoms. The number of ether oxygens (including phenoxy) is 2. The van der Waals surface area contributed by atoms with E-state index >= 15 is 0 Å². The van der Waals surface area contributed by atoms with Crippen molar-refractivity contribution >= 4 is 21.5 Å². The van der Waals surface area contributed by atoms with E-state index in [-0.39, 0.29) is 5.60 Å². The van der Waals surface area contributed by atoms with E-state index in [0.29, 0.717) is 0 Å². The van der Waals surface area contributed by atoms with Crippen molar-refractivity contribution in [2.45, 2.75) is 38.7 Å². The number of hydrogen-bond donors (Lipinski definition) is 0. The van der Waals surface area contributed by atoms with E-state index in [1.165, 1.54) is 16.7 Å². The molecule has 2 rings (SSSR count). The first-order valence-electron chi connectivity index (χ1n) is 7.14. The molecule has 0 atom stereocenters. The lowest BCUT2D eigenvalue weighted by atomic mass is 9.90. The maximum absolute atomic E-state index is 6.07. The van der Waals surface area contributed by atoms with Crippen molar-refractivity contribution in [1.82, 2.24) is 0 Å². The normalized spacial score (nSPS) is 16.3. The Morgan fingerprint density at radius 2 is 2.05 bits per heavy atom. The molecule has 1 aliphatic rings. The number of benzene rings is 1. The van der Waals surface area contributed by atoms with Gasteiger partial charge in [-0.25, -0.2) is 0 Å². The van der Waals surface area contributed by atoms with Crippen molar-refractivity contribution in [3.8, 4) is 5.75 Å².